The standard InChI is InChI=1S/C15H19NO3/c1-3-10-16(11-12-17)15(18)9-8-13-6-4-5-7-14(13)19-2/h3-9,17H,1,10-12H2,2H3/b9-8+. The average Bonchev–Trinajstić information content (AvgIpc) is 2.44. The first-order valence-electron chi connectivity index (χ1n) is 6.04. The zero-order chi connectivity index (χ0) is 14.1. The molecule has 0 aliphatic heterocycles. The Labute approximate surface area is 113 Å². The first-order chi connectivity index (χ1) is 9.22. The van der Waals surface area contributed by atoms with Gasteiger partial charge < -0.3 is 14.7 Å². The monoisotopic (exact) mass is 261 g/mol. The fourth-order valence-electron chi connectivity index (χ4n) is 1.64. The third-order valence-corrected chi connectivity index (χ3v) is 2.58. The Hall–Kier alpha value is -2.07. The van der Waals surface area contributed by atoms with Gasteiger partial charge in [-0.2, -0.15) is 0 Å². The second kappa shape index (κ2) is 8.11. The minimum Gasteiger partial charge on any atom is -0.496 e. The quantitative estimate of drug-likeness (QED) is 0.600. The van der Waals surface area contributed by atoms with Gasteiger partial charge >= 0.3 is 0 Å². The van der Waals surface area contributed by atoms with E-state index >= 15 is 0 Å². The molecule has 0 aliphatic carbocycles. The number of rotatable bonds is 7. The zero-order valence-electron chi connectivity index (χ0n) is 11.1. The Kier molecular flexibility index (Phi) is 6.39. The number of carbonyl (C=O) groups is 1. The molecule has 0 heterocycles. The van der Waals surface area contributed by atoms with Crippen LogP contribution in [0.15, 0.2) is 43.0 Å². The average molecular weight is 261 g/mol. The number of carbonyl (C=O) groups excluding carboxylic acids is 1. The van der Waals surface area contributed by atoms with Crippen molar-refractivity contribution < 1.29 is 14.6 Å². The fraction of sp³-hybridized carbons (Fsp3) is 0.267. The van der Waals surface area contributed by atoms with E-state index in [1.165, 1.54) is 11.0 Å². The van der Waals surface area contributed by atoms with Crippen molar-refractivity contribution in [1.82, 2.24) is 4.90 Å². The van der Waals surface area contributed by atoms with Crippen LogP contribution < -0.4 is 4.74 Å². The Morgan fingerprint density at radius 1 is 1.47 bits per heavy atom. The molecular formula is C15H19NO3. The molecule has 0 saturated carbocycles. The Balaban J connectivity index is 2.78. The highest BCUT2D eigenvalue weighted by molar-refractivity contribution is 5.92. The molecule has 0 unspecified atom stereocenters. The molecule has 1 aromatic rings. The summed E-state index contributed by atoms with van der Waals surface area (Å²) in [6.07, 6.45) is 4.80. The summed E-state index contributed by atoms with van der Waals surface area (Å²) in [5, 5.41) is 8.91. The topological polar surface area (TPSA) is 49.8 Å². The Morgan fingerprint density at radius 3 is 2.84 bits per heavy atom. The normalized spacial score (nSPS) is 10.4. The van der Waals surface area contributed by atoms with Gasteiger partial charge in [0, 0.05) is 24.7 Å². The van der Waals surface area contributed by atoms with E-state index in [4.69, 9.17) is 9.84 Å². The molecule has 1 aromatic carbocycles. The summed E-state index contributed by atoms with van der Waals surface area (Å²) in [4.78, 5) is 13.4. The number of hydrogen-bond donors (Lipinski definition) is 1. The van der Waals surface area contributed by atoms with E-state index in [0.717, 1.165) is 5.56 Å². The molecule has 0 saturated heterocycles. The molecule has 1 N–H and O–H groups in total. The van der Waals surface area contributed by atoms with Crippen LogP contribution in [-0.4, -0.2) is 42.7 Å². The lowest BCUT2D eigenvalue weighted by molar-refractivity contribution is -0.125. The van der Waals surface area contributed by atoms with Crippen molar-refractivity contribution in [3.05, 3.63) is 48.6 Å². The van der Waals surface area contributed by atoms with Crippen molar-refractivity contribution >= 4 is 12.0 Å². The van der Waals surface area contributed by atoms with Gasteiger partial charge in [0.05, 0.1) is 13.7 Å². The number of para-hydroxylation sites is 1. The van der Waals surface area contributed by atoms with E-state index in [2.05, 4.69) is 6.58 Å². The van der Waals surface area contributed by atoms with E-state index in [1.807, 2.05) is 24.3 Å². The lowest BCUT2D eigenvalue weighted by Gasteiger charge is -2.17. The van der Waals surface area contributed by atoms with Crippen LogP contribution in [0.1, 0.15) is 5.56 Å². The van der Waals surface area contributed by atoms with Crippen LogP contribution in [0.5, 0.6) is 5.75 Å². The summed E-state index contributed by atoms with van der Waals surface area (Å²) < 4.78 is 5.20. The summed E-state index contributed by atoms with van der Waals surface area (Å²) >= 11 is 0. The van der Waals surface area contributed by atoms with Gasteiger partial charge in [-0.15, -0.1) is 6.58 Å². The molecule has 0 bridgehead atoms. The first kappa shape index (κ1) is 15.0. The molecule has 0 atom stereocenters. The molecule has 0 aliphatic rings. The van der Waals surface area contributed by atoms with E-state index in [1.54, 1.807) is 19.3 Å². The Bertz CT molecular complexity index is 454. The molecule has 4 nitrogen and oxygen atoms in total. The fourth-order valence-corrected chi connectivity index (χ4v) is 1.64. The van der Waals surface area contributed by atoms with Gasteiger partial charge in [0.25, 0.3) is 0 Å². The molecular weight excluding hydrogens is 242 g/mol. The molecule has 1 rings (SSSR count). The lowest BCUT2D eigenvalue weighted by atomic mass is 10.2. The van der Waals surface area contributed by atoms with Gasteiger partial charge in [0.1, 0.15) is 5.75 Å². The number of nitrogens with zero attached hydrogens (tertiary/aromatic N) is 1. The van der Waals surface area contributed by atoms with Gasteiger partial charge in [-0.1, -0.05) is 24.3 Å². The number of aliphatic hydroxyl groups is 1. The largest absolute Gasteiger partial charge is 0.496 e. The maximum atomic E-state index is 11.9. The molecule has 0 radical (unpaired) electrons. The summed E-state index contributed by atoms with van der Waals surface area (Å²) in [6, 6.07) is 7.45. The zero-order valence-corrected chi connectivity index (χ0v) is 11.1. The molecule has 0 aromatic heterocycles. The van der Waals surface area contributed by atoms with E-state index in [-0.39, 0.29) is 12.5 Å². The third-order valence-electron chi connectivity index (χ3n) is 2.58. The van der Waals surface area contributed by atoms with Crippen LogP contribution in [0.2, 0.25) is 0 Å². The van der Waals surface area contributed by atoms with Crippen molar-refractivity contribution in [3.8, 4) is 5.75 Å². The summed E-state index contributed by atoms with van der Waals surface area (Å²) in [6.45, 7) is 4.23. The number of amides is 1. The highest BCUT2D eigenvalue weighted by Gasteiger charge is 2.08. The number of benzene rings is 1. The summed E-state index contributed by atoms with van der Waals surface area (Å²) in [5.41, 5.74) is 0.834. The van der Waals surface area contributed by atoms with Gasteiger partial charge in [0.2, 0.25) is 5.91 Å². The molecule has 0 spiro atoms. The predicted octanol–water partition coefficient (Wildman–Crippen LogP) is 1.72. The third kappa shape index (κ3) is 4.60. The summed E-state index contributed by atoms with van der Waals surface area (Å²) in [5.74, 6) is 0.545. The number of hydrogen-bond acceptors (Lipinski definition) is 3. The van der Waals surface area contributed by atoms with Gasteiger partial charge in [-0.05, 0) is 12.1 Å². The van der Waals surface area contributed by atoms with Crippen LogP contribution >= 0.6 is 0 Å². The van der Waals surface area contributed by atoms with Gasteiger partial charge in [0.15, 0.2) is 0 Å². The number of methoxy groups -OCH3 is 1. The predicted molar refractivity (Wildman–Crippen MR) is 75.9 cm³/mol. The lowest BCUT2D eigenvalue weighted by Crippen LogP contribution is -2.32. The maximum Gasteiger partial charge on any atom is 0.246 e. The van der Waals surface area contributed by atoms with Gasteiger partial charge in [-0.3, -0.25) is 4.79 Å². The first-order valence-corrected chi connectivity index (χ1v) is 6.04. The van der Waals surface area contributed by atoms with Crippen LogP contribution in [0.25, 0.3) is 6.08 Å². The number of aliphatic hydroxyl groups excluding tert-OH is 1. The molecule has 102 valence electrons. The van der Waals surface area contributed by atoms with Crippen molar-refractivity contribution in [3.63, 3.8) is 0 Å². The minimum atomic E-state index is -0.167. The molecule has 1 amide bonds. The van der Waals surface area contributed by atoms with Gasteiger partial charge in [-0.25, -0.2) is 0 Å². The van der Waals surface area contributed by atoms with Crippen molar-refractivity contribution in [2.75, 3.05) is 26.8 Å². The van der Waals surface area contributed by atoms with Crippen molar-refractivity contribution in [1.29, 1.82) is 0 Å². The van der Waals surface area contributed by atoms with Crippen LogP contribution in [0.4, 0.5) is 0 Å². The van der Waals surface area contributed by atoms with Crippen LogP contribution in [0.3, 0.4) is 0 Å². The molecule has 4 heteroatoms. The van der Waals surface area contributed by atoms with E-state index in [9.17, 15) is 4.79 Å². The van der Waals surface area contributed by atoms with Crippen molar-refractivity contribution in [2.45, 2.75) is 0 Å². The van der Waals surface area contributed by atoms with Crippen LogP contribution in [-0.2, 0) is 4.79 Å². The Morgan fingerprint density at radius 2 is 2.21 bits per heavy atom. The van der Waals surface area contributed by atoms with E-state index in [0.29, 0.717) is 18.8 Å². The smallest absolute Gasteiger partial charge is 0.246 e. The van der Waals surface area contributed by atoms with E-state index < -0.39 is 0 Å². The number of ether oxygens (including phenoxy) is 1. The second-order valence-corrected chi connectivity index (χ2v) is 3.87. The molecule has 0 fully saturated rings. The molecule has 19 heavy (non-hydrogen) atoms. The summed E-state index contributed by atoms with van der Waals surface area (Å²) in [7, 11) is 1.59. The van der Waals surface area contributed by atoms with Crippen LogP contribution in [0, 0.1) is 0 Å². The SMILES string of the molecule is C=CCN(CCO)C(=O)/C=C/c1ccccc1OC. The minimum absolute atomic E-state index is 0.0674. The highest BCUT2D eigenvalue weighted by atomic mass is 16.5. The highest BCUT2D eigenvalue weighted by Crippen LogP contribution is 2.18. The second-order valence-electron chi connectivity index (χ2n) is 3.87. The van der Waals surface area contributed by atoms with Crippen molar-refractivity contribution in [2.24, 2.45) is 0 Å². The maximum absolute atomic E-state index is 11.9.